The van der Waals surface area contributed by atoms with E-state index in [0.29, 0.717) is 17.9 Å². The van der Waals surface area contributed by atoms with Crippen molar-refractivity contribution >= 4 is 0 Å². The smallest absolute Gasteiger partial charge is 0.123 e. The Kier molecular flexibility index (Phi) is 4.57. The number of fused-ring (bicyclic) bond motifs is 1. The van der Waals surface area contributed by atoms with Crippen LogP contribution in [0.2, 0.25) is 0 Å². The molecule has 2 heteroatoms. The quantitative estimate of drug-likeness (QED) is 0.764. The molecule has 2 aromatic rings. The van der Waals surface area contributed by atoms with E-state index in [1.807, 2.05) is 0 Å². The lowest BCUT2D eigenvalue weighted by Gasteiger charge is -2.10. The van der Waals surface area contributed by atoms with Gasteiger partial charge in [-0.15, -0.1) is 0 Å². The second-order valence-corrected chi connectivity index (χ2v) is 7.34. The molecule has 0 aromatic heterocycles. The highest BCUT2D eigenvalue weighted by Crippen LogP contribution is 2.50. The molecule has 126 valence electrons. The monoisotopic (exact) mass is 321 g/mol. The molecule has 4 rings (SSSR count). The predicted octanol–water partition coefficient (Wildman–Crippen LogP) is 4.47. The molecule has 2 aromatic carbocycles. The molecule has 0 amide bonds. The fourth-order valence-electron chi connectivity index (χ4n) is 4.10. The predicted molar refractivity (Wildman–Crippen MR) is 98.5 cm³/mol. The first-order valence-corrected chi connectivity index (χ1v) is 9.37. The fourth-order valence-corrected chi connectivity index (χ4v) is 4.10. The molecule has 2 nitrogen and oxygen atoms in total. The summed E-state index contributed by atoms with van der Waals surface area (Å²) in [5.41, 5.74) is 10.2. The molecule has 1 aliphatic carbocycles. The maximum absolute atomic E-state index is 6.22. The number of ether oxygens (including phenoxy) is 1. The standard InChI is InChI=1S/C22H27NO/c23-15-17-13-20(17)19-11-6-12-22-21(19)14-18(24-22)10-5-4-9-16-7-2-1-3-8-16/h1-3,6-8,11-12,17-18,20H,4-5,9-10,13-15,23H2/t17-,18+,20?/m0/s1. The third-order valence-corrected chi connectivity index (χ3v) is 5.60. The normalized spacial score (nSPS) is 24.5. The van der Waals surface area contributed by atoms with Crippen LogP contribution in [0, 0.1) is 5.92 Å². The van der Waals surface area contributed by atoms with Crippen LogP contribution < -0.4 is 10.5 Å². The summed E-state index contributed by atoms with van der Waals surface area (Å²) >= 11 is 0. The van der Waals surface area contributed by atoms with Gasteiger partial charge in [0.1, 0.15) is 11.9 Å². The Morgan fingerprint density at radius 3 is 2.67 bits per heavy atom. The number of nitrogens with two attached hydrogens (primary N) is 1. The Hall–Kier alpha value is -1.80. The van der Waals surface area contributed by atoms with Crippen molar-refractivity contribution in [2.75, 3.05) is 6.54 Å². The first kappa shape index (κ1) is 15.7. The molecule has 0 bridgehead atoms. The summed E-state index contributed by atoms with van der Waals surface area (Å²) in [4.78, 5) is 0. The third kappa shape index (κ3) is 3.34. The maximum Gasteiger partial charge on any atom is 0.123 e. The first-order chi connectivity index (χ1) is 11.8. The van der Waals surface area contributed by atoms with E-state index in [2.05, 4.69) is 48.5 Å². The summed E-state index contributed by atoms with van der Waals surface area (Å²) in [6.07, 6.45) is 7.52. The highest BCUT2D eigenvalue weighted by Gasteiger charge is 2.40. The van der Waals surface area contributed by atoms with Crippen molar-refractivity contribution in [3.63, 3.8) is 0 Å². The maximum atomic E-state index is 6.22. The number of hydrogen-bond acceptors (Lipinski definition) is 2. The van der Waals surface area contributed by atoms with Gasteiger partial charge in [-0.05, 0) is 67.7 Å². The van der Waals surface area contributed by atoms with Gasteiger partial charge >= 0.3 is 0 Å². The molecular weight excluding hydrogens is 294 g/mol. The van der Waals surface area contributed by atoms with Gasteiger partial charge in [-0.2, -0.15) is 0 Å². The van der Waals surface area contributed by atoms with Gasteiger partial charge in [-0.3, -0.25) is 0 Å². The number of unbranched alkanes of at least 4 members (excludes halogenated alkanes) is 1. The average molecular weight is 321 g/mol. The van der Waals surface area contributed by atoms with Crippen molar-refractivity contribution in [2.45, 2.75) is 50.5 Å². The zero-order valence-corrected chi connectivity index (χ0v) is 14.3. The summed E-state index contributed by atoms with van der Waals surface area (Å²) in [6, 6.07) is 17.4. The average Bonchev–Trinajstić information content (AvgIpc) is 3.29. The van der Waals surface area contributed by atoms with Crippen LogP contribution >= 0.6 is 0 Å². The number of rotatable bonds is 7. The zero-order valence-electron chi connectivity index (χ0n) is 14.3. The lowest BCUT2D eigenvalue weighted by molar-refractivity contribution is 0.217. The molecule has 1 fully saturated rings. The summed E-state index contributed by atoms with van der Waals surface area (Å²) in [5.74, 6) is 2.51. The molecular formula is C22H27NO. The Bertz CT molecular complexity index is 682. The Morgan fingerprint density at radius 1 is 1.00 bits per heavy atom. The van der Waals surface area contributed by atoms with Crippen LogP contribution in [0.15, 0.2) is 48.5 Å². The van der Waals surface area contributed by atoms with Crippen LogP contribution in [0.1, 0.15) is 48.3 Å². The molecule has 1 unspecified atom stereocenters. The van der Waals surface area contributed by atoms with Gasteiger partial charge in [0.2, 0.25) is 0 Å². The van der Waals surface area contributed by atoms with Crippen molar-refractivity contribution in [1.29, 1.82) is 0 Å². The molecule has 24 heavy (non-hydrogen) atoms. The van der Waals surface area contributed by atoms with E-state index < -0.39 is 0 Å². The number of benzene rings is 2. The molecule has 0 radical (unpaired) electrons. The summed E-state index contributed by atoms with van der Waals surface area (Å²) in [5, 5.41) is 0. The van der Waals surface area contributed by atoms with Gasteiger partial charge in [0.15, 0.2) is 0 Å². The van der Waals surface area contributed by atoms with Gasteiger partial charge in [-0.1, -0.05) is 42.5 Å². The minimum absolute atomic E-state index is 0.368. The molecule has 2 N–H and O–H groups in total. The van der Waals surface area contributed by atoms with E-state index in [1.54, 1.807) is 0 Å². The van der Waals surface area contributed by atoms with Gasteiger partial charge in [0.05, 0.1) is 0 Å². The lowest BCUT2D eigenvalue weighted by Crippen LogP contribution is -2.12. The van der Waals surface area contributed by atoms with E-state index in [9.17, 15) is 0 Å². The van der Waals surface area contributed by atoms with Crippen LogP contribution in [0.5, 0.6) is 5.75 Å². The van der Waals surface area contributed by atoms with Gasteiger partial charge in [-0.25, -0.2) is 0 Å². The second kappa shape index (κ2) is 6.98. The van der Waals surface area contributed by atoms with Gasteiger partial charge < -0.3 is 10.5 Å². The minimum Gasteiger partial charge on any atom is -0.490 e. The molecule has 0 spiro atoms. The SMILES string of the molecule is NC[C@@H]1CC1c1cccc2c1C[C@@H](CCCCc1ccccc1)O2. The van der Waals surface area contributed by atoms with Crippen LogP contribution in [0.25, 0.3) is 0 Å². The van der Waals surface area contributed by atoms with Crippen molar-refractivity contribution in [3.05, 3.63) is 65.2 Å². The second-order valence-electron chi connectivity index (χ2n) is 7.34. The van der Waals surface area contributed by atoms with Crippen LogP contribution in [0.4, 0.5) is 0 Å². The van der Waals surface area contributed by atoms with Crippen molar-refractivity contribution in [2.24, 2.45) is 11.7 Å². The van der Waals surface area contributed by atoms with Crippen molar-refractivity contribution in [3.8, 4) is 5.75 Å². The summed E-state index contributed by atoms with van der Waals surface area (Å²) in [7, 11) is 0. The highest BCUT2D eigenvalue weighted by atomic mass is 16.5. The van der Waals surface area contributed by atoms with Gasteiger partial charge in [0.25, 0.3) is 0 Å². The minimum atomic E-state index is 0.368. The van der Waals surface area contributed by atoms with E-state index in [4.69, 9.17) is 10.5 Å². The molecule has 2 aliphatic rings. The molecule has 0 saturated heterocycles. The van der Waals surface area contributed by atoms with E-state index in [0.717, 1.165) is 25.1 Å². The van der Waals surface area contributed by atoms with E-state index >= 15 is 0 Å². The van der Waals surface area contributed by atoms with Crippen molar-refractivity contribution in [1.82, 2.24) is 0 Å². The molecule has 1 aliphatic heterocycles. The fraction of sp³-hybridized carbons (Fsp3) is 0.455. The Morgan fingerprint density at radius 2 is 1.88 bits per heavy atom. The van der Waals surface area contributed by atoms with Crippen LogP contribution in [0.3, 0.4) is 0 Å². The summed E-state index contributed by atoms with van der Waals surface area (Å²) < 4.78 is 6.22. The summed E-state index contributed by atoms with van der Waals surface area (Å²) in [6.45, 7) is 0.818. The zero-order chi connectivity index (χ0) is 16.4. The largest absolute Gasteiger partial charge is 0.490 e. The Labute approximate surface area is 145 Å². The van der Waals surface area contributed by atoms with E-state index in [-0.39, 0.29) is 0 Å². The lowest BCUT2D eigenvalue weighted by atomic mass is 9.96. The van der Waals surface area contributed by atoms with Gasteiger partial charge in [0, 0.05) is 12.0 Å². The van der Waals surface area contributed by atoms with Crippen LogP contribution in [-0.4, -0.2) is 12.6 Å². The number of aryl methyl sites for hydroxylation is 1. The molecule has 1 saturated carbocycles. The highest BCUT2D eigenvalue weighted by molar-refractivity contribution is 5.47. The first-order valence-electron chi connectivity index (χ1n) is 9.37. The molecule has 1 heterocycles. The Balaban J connectivity index is 1.29. The topological polar surface area (TPSA) is 35.2 Å². The van der Waals surface area contributed by atoms with Crippen LogP contribution in [-0.2, 0) is 12.8 Å². The number of hydrogen-bond donors (Lipinski definition) is 1. The third-order valence-electron chi connectivity index (χ3n) is 5.60. The van der Waals surface area contributed by atoms with Crippen molar-refractivity contribution < 1.29 is 4.74 Å². The van der Waals surface area contributed by atoms with E-state index in [1.165, 1.54) is 42.4 Å². The molecule has 3 atom stereocenters.